The predicted octanol–water partition coefficient (Wildman–Crippen LogP) is 3.28. The normalized spacial score (nSPS) is 18.8. The second-order valence-corrected chi connectivity index (χ2v) is 12.7. The number of hydrogen-bond acceptors (Lipinski definition) is 6. The summed E-state index contributed by atoms with van der Waals surface area (Å²) in [4.78, 5) is 26.3. The Labute approximate surface area is 221 Å². The van der Waals surface area contributed by atoms with Crippen LogP contribution < -0.4 is 4.90 Å². The van der Waals surface area contributed by atoms with E-state index in [9.17, 15) is 13.2 Å². The van der Waals surface area contributed by atoms with Crippen molar-refractivity contribution < 1.29 is 13.2 Å². The SMILES string of the molecule is [C-]#[N+]C1(c2ccccc2)CCN(c2c(C(=O)N3CCN(S(=O)(=O)N(C)C)CC3)cnc3ccsc23)CC1. The number of thiophene rings is 1. The van der Waals surface area contributed by atoms with Gasteiger partial charge in [0, 0.05) is 78.0 Å². The smallest absolute Gasteiger partial charge is 0.281 e. The average Bonchev–Trinajstić information content (AvgIpc) is 3.42. The number of anilines is 1. The van der Waals surface area contributed by atoms with Gasteiger partial charge in [0.15, 0.2) is 0 Å². The number of carbonyl (C=O) groups is 1. The largest absolute Gasteiger partial charge is 0.369 e. The van der Waals surface area contributed by atoms with Gasteiger partial charge in [-0.1, -0.05) is 30.3 Å². The highest BCUT2D eigenvalue weighted by Crippen LogP contribution is 2.41. The van der Waals surface area contributed by atoms with E-state index >= 15 is 0 Å². The molecule has 0 spiro atoms. The molecule has 4 heterocycles. The van der Waals surface area contributed by atoms with Crippen molar-refractivity contribution in [3.63, 3.8) is 0 Å². The lowest BCUT2D eigenvalue weighted by atomic mass is 9.81. The highest BCUT2D eigenvalue weighted by atomic mass is 32.2. The third-order valence-corrected chi connectivity index (χ3v) is 10.3. The molecule has 1 amide bonds. The lowest BCUT2D eigenvalue weighted by Crippen LogP contribution is -2.53. The van der Waals surface area contributed by atoms with Gasteiger partial charge in [0.2, 0.25) is 0 Å². The third-order valence-electron chi connectivity index (χ3n) is 7.42. The maximum atomic E-state index is 13.8. The van der Waals surface area contributed by atoms with Gasteiger partial charge in [-0.3, -0.25) is 9.78 Å². The van der Waals surface area contributed by atoms with E-state index in [1.54, 1.807) is 22.4 Å². The van der Waals surface area contributed by atoms with E-state index in [2.05, 4.69) is 14.7 Å². The fraction of sp³-hybridized carbons (Fsp3) is 0.423. The van der Waals surface area contributed by atoms with Gasteiger partial charge in [-0.25, -0.2) is 6.57 Å². The van der Waals surface area contributed by atoms with Crippen molar-refractivity contribution in [3.8, 4) is 0 Å². The molecule has 0 unspecified atom stereocenters. The van der Waals surface area contributed by atoms with Crippen LogP contribution >= 0.6 is 11.3 Å². The second-order valence-electron chi connectivity index (χ2n) is 9.63. The van der Waals surface area contributed by atoms with Crippen molar-refractivity contribution in [1.29, 1.82) is 0 Å². The summed E-state index contributed by atoms with van der Waals surface area (Å²) in [6.07, 6.45) is 3.00. The molecular weight excluding hydrogens is 508 g/mol. The standard InChI is InChI=1S/C26H30N6O3S2/c1-27-26(20-7-5-4-6-8-20)10-12-30(13-11-26)23-21(19-28-22-9-18-36-24(22)23)25(33)31-14-16-32(17-15-31)37(34,35)29(2)3/h4-9,18-19H,10-17H2,2-3H3. The minimum atomic E-state index is -3.51. The van der Waals surface area contributed by atoms with E-state index in [1.165, 1.54) is 22.7 Å². The zero-order chi connectivity index (χ0) is 26.2. The molecule has 11 heteroatoms. The quantitative estimate of drug-likeness (QED) is 0.466. The molecule has 0 atom stereocenters. The number of benzene rings is 1. The Hall–Kier alpha value is -3.04. The van der Waals surface area contributed by atoms with Crippen LogP contribution in [-0.4, -0.2) is 86.2 Å². The average molecular weight is 539 g/mol. The van der Waals surface area contributed by atoms with Crippen LogP contribution in [0.2, 0.25) is 0 Å². The first-order valence-electron chi connectivity index (χ1n) is 12.3. The molecule has 2 fully saturated rings. The van der Waals surface area contributed by atoms with Gasteiger partial charge in [-0.15, -0.1) is 11.3 Å². The molecule has 0 bridgehead atoms. The number of pyridine rings is 1. The molecule has 37 heavy (non-hydrogen) atoms. The van der Waals surface area contributed by atoms with E-state index in [0.29, 0.717) is 44.6 Å². The summed E-state index contributed by atoms with van der Waals surface area (Å²) in [5.74, 6) is -0.134. The zero-order valence-electron chi connectivity index (χ0n) is 21.0. The van der Waals surface area contributed by atoms with Gasteiger partial charge < -0.3 is 14.6 Å². The molecule has 2 aromatic heterocycles. The Bertz CT molecular complexity index is 1430. The van der Waals surface area contributed by atoms with Crippen LogP contribution in [0.25, 0.3) is 15.1 Å². The molecule has 2 aliphatic rings. The number of nitrogens with zero attached hydrogens (tertiary/aromatic N) is 6. The van der Waals surface area contributed by atoms with Crippen molar-refractivity contribution in [1.82, 2.24) is 18.5 Å². The minimum Gasteiger partial charge on any atom is -0.369 e. The number of carbonyl (C=O) groups excluding carboxylic acids is 1. The Kier molecular flexibility index (Phi) is 6.93. The van der Waals surface area contributed by atoms with Crippen molar-refractivity contribution in [3.05, 3.63) is 70.5 Å². The summed E-state index contributed by atoms with van der Waals surface area (Å²) >= 11 is 1.57. The number of rotatable bonds is 5. The predicted molar refractivity (Wildman–Crippen MR) is 146 cm³/mol. The zero-order valence-corrected chi connectivity index (χ0v) is 22.6. The van der Waals surface area contributed by atoms with Crippen LogP contribution in [0.3, 0.4) is 0 Å². The van der Waals surface area contributed by atoms with Gasteiger partial charge >= 0.3 is 0 Å². The summed E-state index contributed by atoms with van der Waals surface area (Å²) in [7, 11) is -0.483. The van der Waals surface area contributed by atoms with Crippen LogP contribution in [0.5, 0.6) is 0 Å². The summed E-state index contributed by atoms with van der Waals surface area (Å²) in [5.41, 5.74) is 2.75. The number of piperidine rings is 1. The first kappa shape index (κ1) is 25.6. The van der Waals surface area contributed by atoms with E-state index in [-0.39, 0.29) is 19.0 Å². The summed E-state index contributed by atoms with van der Waals surface area (Å²) in [6, 6.07) is 11.9. The highest BCUT2D eigenvalue weighted by molar-refractivity contribution is 7.86. The summed E-state index contributed by atoms with van der Waals surface area (Å²) in [6.45, 7) is 10.4. The van der Waals surface area contributed by atoms with Gasteiger partial charge in [0.1, 0.15) is 0 Å². The van der Waals surface area contributed by atoms with Crippen LogP contribution in [0, 0.1) is 6.57 Å². The fourth-order valence-corrected chi connectivity index (χ4v) is 7.22. The second kappa shape index (κ2) is 10.0. The van der Waals surface area contributed by atoms with E-state index in [0.717, 1.165) is 21.5 Å². The molecule has 2 aliphatic heterocycles. The fourth-order valence-electron chi connectivity index (χ4n) is 5.21. The molecular formula is C26H30N6O3S2. The van der Waals surface area contributed by atoms with Crippen LogP contribution in [0.4, 0.5) is 5.69 Å². The molecule has 0 aliphatic carbocycles. The third kappa shape index (κ3) is 4.59. The Morgan fingerprint density at radius 3 is 2.35 bits per heavy atom. The molecule has 1 aromatic carbocycles. The molecule has 9 nitrogen and oxygen atoms in total. The highest BCUT2D eigenvalue weighted by Gasteiger charge is 2.43. The maximum absolute atomic E-state index is 13.8. The van der Waals surface area contributed by atoms with Crippen molar-refractivity contribution >= 4 is 43.4 Å². The molecule has 194 valence electrons. The number of aromatic nitrogens is 1. The minimum absolute atomic E-state index is 0.134. The number of hydrogen-bond donors (Lipinski definition) is 0. The first-order valence-corrected chi connectivity index (χ1v) is 14.6. The van der Waals surface area contributed by atoms with Gasteiger partial charge in [-0.2, -0.15) is 17.0 Å². The topological polar surface area (TPSA) is 81.4 Å². The molecule has 2 saturated heterocycles. The van der Waals surface area contributed by atoms with E-state index in [1.807, 2.05) is 41.8 Å². The van der Waals surface area contributed by atoms with Gasteiger partial charge in [-0.05, 0) is 11.4 Å². The van der Waals surface area contributed by atoms with Crippen LogP contribution in [0.15, 0.2) is 48.0 Å². The monoisotopic (exact) mass is 538 g/mol. The Morgan fingerprint density at radius 1 is 1.05 bits per heavy atom. The lowest BCUT2D eigenvalue weighted by Gasteiger charge is -2.38. The van der Waals surface area contributed by atoms with E-state index < -0.39 is 15.7 Å². The van der Waals surface area contributed by atoms with Crippen molar-refractivity contribution in [2.45, 2.75) is 18.4 Å². The Morgan fingerprint density at radius 2 is 1.73 bits per heavy atom. The molecule has 0 radical (unpaired) electrons. The van der Waals surface area contributed by atoms with Crippen molar-refractivity contribution in [2.24, 2.45) is 0 Å². The van der Waals surface area contributed by atoms with Gasteiger partial charge in [0.25, 0.3) is 21.7 Å². The summed E-state index contributed by atoms with van der Waals surface area (Å²) in [5, 5.41) is 1.98. The lowest BCUT2D eigenvalue weighted by molar-refractivity contribution is 0.0695. The van der Waals surface area contributed by atoms with Crippen molar-refractivity contribution in [2.75, 3.05) is 58.3 Å². The first-order chi connectivity index (χ1) is 17.8. The molecule has 0 N–H and O–H groups in total. The van der Waals surface area contributed by atoms with Crippen LogP contribution in [-0.2, 0) is 15.7 Å². The molecule has 3 aromatic rings. The maximum Gasteiger partial charge on any atom is 0.281 e. The molecule has 5 rings (SSSR count). The van der Waals surface area contributed by atoms with Gasteiger partial charge in [0.05, 0.1) is 21.5 Å². The number of piperazine rings is 1. The Balaban J connectivity index is 1.40. The number of amides is 1. The van der Waals surface area contributed by atoms with Crippen LogP contribution in [0.1, 0.15) is 28.8 Å². The summed E-state index contributed by atoms with van der Waals surface area (Å²) < 4.78 is 28.6. The number of fused-ring (bicyclic) bond motifs is 1. The molecule has 0 saturated carbocycles. The van der Waals surface area contributed by atoms with E-state index in [4.69, 9.17) is 6.57 Å².